The first kappa shape index (κ1) is 14.3. The van der Waals surface area contributed by atoms with E-state index in [-0.39, 0.29) is 0 Å². The summed E-state index contributed by atoms with van der Waals surface area (Å²) in [5.41, 5.74) is 2.90. The van der Waals surface area contributed by atoms with Crippen LogP contribution in [-0.2, 0) is 4.74 Å². The summed E-state index contributed by atoms with van der Waals surface area (Å²) < 4.78 is 6.45. The van der Waals surface area contributed by atoms with E-state index in [0.717, 1.165) is 21.1 Å². The number of aliphatic hydroxyl groups excluding tert-OH is 1. The van der Waals surface area contributed by atoms with Gasteiger partial charge in [0.2, 0.25) is 0 Å². The SMILES string of the molecule is Bc1ccccc1[C@@H](O)[C@H](OC)c1ccccc1Br. The number of methoxy groups -OCH3 is 1. The molecule has 2 nitrogen and oxygen atoms in total. The lowest BCUT2D eigenvalue weighted by Gasteiger charge is -2.24. The summed E-state index contributed by atoms with van der Waals surface area (Å²) >= 11 is 3.51. The van der Waals surface area contributed by atoms with Crippen molar-refractivity contribution in [1.29, 1.82) is 0 Å². The minimum absolute atomic E-state index is 0.392. The smallest absolute Gasteiger partial charge is 0.139 e. The first-order valence-corrected chi connectivity index (χ1v) is 6.95. The molecule has 0 amide bonds. The van der Waals surface area contributed by atoms with E-state index in [1.54, 1.807) is 7.11 Å². The van der Waals surface area contributed by atoms with Crippen molar-refractivity contribution >= 4 is 29.2 Å². The molecule has 0 bridgehead atoms. The number of hydrogen-bond donors (Lipinski definition) is 1. The van der Waals surface area contributed by atoms with E-state index in [9.17, 15) is 5.11 Å². The van der Waals surface area contributed by atoms with Crippen LogP contribution < -0.4 is 5.46 Å². The van der Waals surface area contributed by atoms with E-state index in [1.807, 2.05) is 56.4 Å². The molecule has 0 saturated carbocycles. The van der Waals surface area contributed by atoms with Crippen molar-refractivity contribution in [2.24, 2.45) is 0 Å². The van der Waals surface area contributed by atoms with E-state index in [4.69, 9.17) is 4.74 Å². The molecule has 0 aromatic heterocycles. The minimum atomic E-state index is -0.690. The van der Waals surface area contributed by atoms with Crippen molar-refractivity contribution in [2.75, 3.05) is 7.11 Å². The molecule has 0 fully saturated rings. The molecular formula is C15H16BBrO2. The fraction of sp³-hybridized carbons (Fsp3) is 0.200. The highest BCUT2D eigenvalue weighted by Crippen LogP contribution is 2.34. The highest BCUT2D eigenvalue weighted by atomic mass is 79.9. The van der Waals surface area contributed by atoms with Crippen LogP contribution in [0.25, 0.3) is 0 Å². The van der Waals surface area contributed by atoms with Gasteiger partial charge in [-0.15, -0.1) is 0 Å². The first-order valence-electron chi connectivity index (χ1n) is 6.16. The highest BCUT2D eigenvalue weighted by molar-refractivity contribution is 9.10. The number of halogens is 1. The van der Waals surface area contributed by atoms with Gasteiger partial charge < -0.3 is 9.84 Å². The average molecular weight is 319 g/mol. The normalized spacial score (nSPS) is 14.1. The Morgan fingerprint density at radius 2 is 1.63 bits per heavy atom. The number of hydrogen-bond acceptors (Lipinski definition) is 2. The van der Waals surface area contributed by atoms with Crippen molar-refractivity contribution in [3.8, 4) is 0 Å². The maximum absolute atomic E-state index is 10.6. The van der Waals surface area contributed by atoms with Gasteiger partial charge in [0.15, 0.2) is 0 Å². The Labute approximate surface area is 123 Å². The van der Waals surface area contributed by atoms with E-state index < -0.39 is 12.2 Å². The van der Waals surface area contributed by atoms with Crippen LogP contribution in [0.1, 0.15) is 23.3 Å². The lowest BCUT2D eigenvalue weighted by atomic mass is 9.85. The largest absolute Gasteiger partial charge is 0.385 e. The zero-order valence-corrected chi connectivity index (χ0v) is 12.6. The molecule has 2 aromatic rings. The molecule has 19 heavy (non-hydrogen) atoms. The van der Waals surface area contributed by atoms with Crippen LogP contribution in [0.3, 0.4) is 0 Å². The Balaban J connectivity index is 2.38. The summed E-state index contributed by atoms with van der Waals surface area (Å²) in [7, 11) is 3.61. The Hall–Kier alpha value is -1.10. The third-order valence-corrected chi connectivity index (χ3v) is 3.98. The van der Waals surface area contributed by atoms with Crippen molar-refractivity contribution in [1.82, 2.24) is 0 Å². The Morgan fingerprint density at radius 1 is 1.05 bits per heavy atom. The second-order valence-electron chi connectivity index (χ2n) is 4.48. The summed E-state index contributed by atoms with van der Waals surface area (Å²) in [5, 5.41) is 10.6. The van der Waals surface area contributed by atoms with Gasteiger partial charge in [-0.3, -0.25) is 0 Å². The average Bonchev–Trinajstić information content (AvgIpc) is 2.42. The molecule has 0 heterocycles. The molecule has 0 aliphatic heterocycles. The van der Waals surface area contributed by atoms with Gasteiger partial charge in [-0.25, -0.2) is 0 Å². The van der Waals surface area contributed by atoms with Gasteiger partial charge in [-0.05, 0) is 17.2 Å². The second kappa shape index (κ2) is 6.37. The number of benzene rings is 2. The van der Waals surface area contributed by atoms with Gasteiger partial charge in [-0.2, -0.15) is 0 Å². The molecule has 0 aliphatic carbocycles. The van der Waals surface area contributed by atoms with Crippen LogP contribution in [0.5, 0.6) is 0 Å². The zero-order chi connectivity index (χ0) is 13.8. The number of ether oxygens (including phenoxy) is 1. The molecule has 0 saturated heterocycles. The molecule has 0 spiro atoms. The van der Waals surface area contributed by atoms with Gasteiger partial charge in [0.1, 0.15) is 20.1 Å². The maximum atomic E-state index is 10.6. The third-order valence-electron chi connectivity index (χ3n) is 3.26. The van der Waals surface area contributed by atoms with Crippen LogP contribution in [0.15, 0.2) is 53.0 Å². The van der Waals surface area contributed by atoms with Crippen LogP contribution >= 0.6 is 15.9 Å². The predicted octanol–water partition coefficient (Wildman–Crippen LogP) is 2.13. The standard InChI is InChI=1S/C15H16BBrO2/c1-19-15(11-7-3-5-9-13(11)17)14(18)10-6-2-4-8-12(10)16/h2-9,14-15,18H,16H2,1H3/t14-,15-/m1/s1. The Bertz CT molecular complexity index is 559. The van der Waals surface area contributed by atoms with Crippen LogP contribution in [0.4, 0.5) is 0 Å². The first-order chi connectivity index (χ1) is 9.15. The lowest BCUT2D eigenvalue weighted by molar-refractivity contribution is -0.0148. The van der Waals surface area contributed by atoms with Crippen LogP contribution in [-0.4, -0.2) is 20.1 Å². The van der Waals surface area contributed by atoms with E-state index >= 15 is 0 Å². The summed E-state index contributed by atoms with van der Waals surface area (Å²) in [6, 6.07) is 15.6. The molecule has 1 N–H and O–H groups in total. The van der Waals surface area contributed by atoms with Crippen LogP contribution in [0, 0.1) is 0 Å². The molecular weight excluding hydrogens is 303 g/mol. The van der Waals surface area contributed by atoms with Crippen LogP contribution in [0.2, 0.25) is 0 Å². The Morgan fingerprint density at radius 3 is 2.21 bits per heavy atom. The van der Waals surface area contributed by atoms with Gasteiger partial charge in [0.05, 0.1) is 0 Å². The lowest BCUT2D eigenvalue weighted by Crippen LogP contribution is -2.20. The van der Waals surface area contributed by atoms with Gasteiger partial charge in [0.25, 0.3) is 0 Å². The molecule has 2 aromatic carbocycles. The summed E-state index contributed by atoms with van der Waals surface area (Å²) in [6.45, 7) is 0. The fourth-order valence-corrected chi connectivity index (χ4v) is 2.72. The molecule has 2 atom stereocenters. The summed E-state index contributed by atoms with van der Waals surface area (Å²) in [6.07, 6.45) is -1.08. The molecule has 0 radical (unpaired) electrons. The molecule has 98 valence electrons. The quantitative estimate of drug-likeness (QED) is 0.875. The third kappa shape index (κ3) is 3.08. The Kier molecular flexibility index (Phi) is 4.80. The highest BCUT2D eigenvalue weighted by Gasteiger charge is 2.24. The van der Waals surface area contributed by atoms with Gasteiger partial charge >= 0.3 is 0 Å². The number of aliphatic hydroxyl groups is 1. The summed E-state index contributed by atoms with van der Waals surface area (Å²) in [5.74, 6) is 0. The zero-order valence-electron chi connectivity index (χ0n) is 11.0. The predicted molar refractivity (Wildman–Crippen MR) is 83.5 cm³/mol. The van der Waals surface area contributed by atoms with Crippen molar-refractivity contribution < 1.29 is 9.84 Å². The van der Waals surface area contributed by atoms with E-state index in [1.165, 1.54) is 0 Å². The second-order valence-corrected chi connectivity index (χ2v) is 5.33. The molecule has 0 unspecified atom stereocenters. The van der Waals surface area contributed by atoms with Crippen molar-refractivity contribution in [3.05, 3.63) is 64.1 Å². The van der Waals surface area contributed by atoms with Crippen molar-refractivity contribution in [2.45, 2.75) is 12.2 Å². The molecule has 4 heteroatoms. The number of rotatable bonds is 4. The monoisotopic (exact) mass is 318 g/mol. The maximum Gasteiger partial charge on any atom is 0.139 e. The van der Waals surface area contributed by atoms with Gasteiger partial charge in [0, 0.05) is 11.6 Å². The minimum Gasteiger partial charge on any atom is -0.385 e. The van der Waals surface area contributed by atoms with E-state index in [0.29, 0.717) is 0 Å². The van der Waals surface area contributed by atoms with Gasteiger partial charge in [-0.1, -0.05) is 63.9 Å². The summed E-state index contributed by atoms with van der Waals surface area (Å²) in [4.78, 5) is 0. The van der Waals surface area contributed by atoms with Crippen molar-refractivity contribution in [3.63, 3.8) is 0 Å². The topological polar surface area (TPSA) is 29.5 Å². The fourth-order valence-electron chi connectivity index (χ4n) is 2.21. The van der Waals surface area contributed by atoms with E-state index in [2.05, 4.69) is 15.9 Å². The molecule has 2 rings (SSSR count). The molecule has 0 aliphatic rings.